The first-order valence-corrected chi connectivity index (χ1v) is 10.6. The Hall–Kier alpha value is -4.61. The molecule has 34 heavy (non-hydrogen) atoms. The van der Waals surface area contributed by atoms with E-state index in [2.05, 4.69) is 23.7 Å². The number of esters is 1. The van der Waals surface area contributed by atoms with Crippen LogP contribution in [0.1, 0.15) is 32.7 Å². The molecule has 0 aliphatic rings. The lowest BCUT2D eigenvalue weighted by molar-refractivity contribution is 0.0590. The van der Waals surface area contributed by atoms with Gasteiger partial charge in [-0.1, -0.05) is 60.1 Å². The average Bonchev–Trinajstić information content (AvgIpc) is 3.23. The average molecular weight is 450 g/mol. The number of rotatable bonds is 3. The third-order valence-electron chi connectivity index (χ3n) is 5.41. The molecule has 0 unspecified atom stereocenters. The van der Waals surface area contributed by atoms with E-state index in [-0.39, 0.29) is 0 Å². The molecule has 168 valence electrons. The van der Waals surface area contributed by atoms with E-state index in [1.165, 1.54) is 7.11 Å². The van der Waals surface area contributed by atoms with Crippen LogP contribution in [0.15, 0.2) is 66.7 Å². The maximum Gasteiger partial charge on any atom is 0.354 e. The fourth-order valence-electron chi connectivity index (χ4n) is 3.80. The van der Waals surface area contributed by atoms with Crippen LogP contribution in [-0.4, -0.2) is 31.9 Å². The van der Waals surface area contributed by atoms with E-state index in [0.29, 0.717) is 33.8 Å². The van der Waals surface area contributed by atoms with Crippen molar-refractivity contribution in [3.63, 3.8) is 0 Å². The zero-order valence-corrected chi connectivity index (χ0v) is 19.4. The molecule has 4 aromatic rings. The molecule has 0 radical (unpaired) electrons. The van der Waals surface area contributed by atoms with Crippen LogP contribution < -0.4 is 9.47 Å². The Kier molecular flexibility index (Phi) is 6.57. The number of aryl methyl sites for hydroxylation is 1. The van der Waals surface area contributed by atoms with Gasteiger partial charge in [-0.05, 0) is 30.3 Å². The first-order chi connectivity index (χ1) is 16.6. The quantitative estimate of drug-likeness (QED) is 0.334. The van der Waals surface area contributed by atoms with Crippen LogP contribution in [0, 0.1) is 23.7 Å². The van der Waals surface area contributed by atoms with E-state index in [9.17, 15) is 4.79 Å². The number of fused-ring (bicyclic) bond motifs is 1. The maximum atomic E-state index is 12.5. The molecule has 0 fully saturated rings. The topological polar surface area (TPSA) is 49.7 Å². The minimum Gasteiger partial charge on any atom is -0.492 e. The van der Waals surface area contributed by atoms with Crippen molar-refractivity contribution in [1.29, 1.82) is 0 Å². The molecule has 4 rings (SSSR count). The Balaban J connectivity index is 2.08. The van der Waals surface area contributed by atoms with Gasteiger partial charge in [0.25, 0.3) is 0 Å². The zero-order chi connectivity index (χ0) is 24.1. The second-order valence-electron chi connectivity index (χ2n) is 7.39. The van der Waals surface area contributed by atoms with Crippen molar-refractivity contribution in [2.75, 3.05) is 21.3 Å². The Bertz CT molecular complexity index is 1480. The summed E-state index contributed by atoms with van der Waals surface area (Å²) in [7, 11) is 6.28. The first kappa shape index (κ1) is 22.6. The third kappa shape index (κ3) is 4.20. The van der Waals surface area contributed by atoms with Crippen LogP contribution in [0.4, 0.5) is 0 Å². The van der Waals surface area contributed by atoms with Crippen molar-refractivity contribution >= 4 is 16.9 Å². The molecule has 5 heteroatoms. The minimum absolute atomic E-state index is 0.373. The predicted octanol–water partition coefficient (Wildman–Crippen LogP) is 4.78. The molecule has 3 aromatic carbocycles. The van der Waals surface area contributed by atoms with Gasteiger partial charge in [0.15, 0.2) is 11.5 Å². The summed E-state index contributed by atoms with van der Waals surface area (Å²) < 4.78 is 18.3. The van der Waals surface area contributed by atoms with Crippen molar-refractivity contribution in [3.8, 4) is 35.2 Å². The van der Waals surface area contributed by atoms with E-state index < -0.39 is 5.97 Å². The molecule has 0 atom stereocenters. The summed E-state index contributed by atoms with van der Waals surface area (Å²) in [6.45, 7) is 0. The summed E-state index contributed by atoms with van der Waals surface area (Å²) in [6, 6.07) is 21.1. The Morgan fingerprint density at radius 3 is 1.74 bits per heavy atom. The smallest absolute Gasteiger partial charge is 0.354 e. The van der Waals surface area contributed by atoms with E-state index >= 15 is 0 Å². The number of carbonyl (C=O) groups is 1. The van der Waals surface area contributed by atoms with Gasteiger partial charge in [-0.25, -0.2) is 4.79 Å². The van der Waals surface area contributed by atoms with Gasteiger partial charge in [0.2, 0.25) is 0 Å². The lowest BCUT2D eigenvalue weighted by Crippen LogP contribution is -2.07. The number of methoxy groups -OCH3 is 3. The molecule has 0 bridgehead atoms. The Morgan fingerprint density at radius 1 is 0.735 bits per heavy atom. The van der Waals surface area contributed by atoms with Gasteiger partial charge in [-0.15, -0.1) is 0 Å². The fraction of sp³-hybridized carbons (Fsp3) is 0.138. The van der Waals surface area contributed by atoms with Crippen molar-refractivity contribution < 1.29 is 19.0 Å². The summed E-state index contributed by atoms with van der Waals surface area (Å²) in [5.41, 5.74) is 3.99. The molecule has 0 saturated heterocycles. The van der Waals surface area contributed by atoms with Gasteiger partial charge in [0, 0.05) is 23.6 Å². The normalized spacial score (nSPS) is 10.0. The monoisotopic (exact) mass is 449 g/mol. The molecule has 5 nitrogen and oxygen atoms in total. The van der Waals surface area contributed by atoms with Gasteiger partial charge in [-0.2, -0.15) is 0 Å². The molecule has 0 saturated carbocycles. The summed E-state index contributed by atoms with van der Waals surface area (Å²) in [6.07, 6.45) is 0. The highest BCUT2D eigenvalue weighted by molar-refractivity contribution is 6.02. The standard InChI is InChI=1S/C29H23NO4/c1-30-25(29(31)34-4)19-24-22(17-15-20-11-7-5-8-12-20)27(32-2)28(33-3)23(26(24)30)18-16-21-13-9-6-10-14-21/h5-14,19H,1-4H3. The molecular weight excluding hydrogens is 426 g/mol. The summed E-state index contributed by atoms with van der Waals surface area (Å²) in [5, 5.41) is 0.723. The lowest BCUT2D eigenvalue weighted by atomic mass is 10.0. The number of ether oxygens (including phenoxy) is 3. The van der Waals surface area contributed by atoms with Gasteiger partial charge in [-0.3, -0.25) is 0 Å². The Morgan fingerprint density at radius 2 is 1.24 bits per heavy atom. The fourth-order valence-corrected chi connectivity index (χ4v) is 3.80. The number of carbonyl (C=O) groups excluding carboxylic acids is 1. The lowest BCUT2D eigenvalue weighted by Gasteiger charge is -2.15. The molecule has 0 aliphatic carbocycles. The van der Waals surface area contributed by atoms with Crippen molar-refractivity contribution in [3.05, 3.63) is 94.7 Å². The van der Waals surface area contributed by atoms with E-state index in [1.807, 2.05) is 60.7 Å². The first-order valence-electron chi connectivity index (χ1n) is 10.6. The molecular formula is C29H23NO4. The van der Waals surface area contributed by atoms with Gasteiger partial charge in [0.1, 0.15) is 5.69 Å². The zero-order valence-electron chi connectivity index (χ0n) is 19.4. The molecule has 0 N–H and O–H groups in total. The van der Waals surface area contributed by atoms with Crippen LogP contribution in [0.5, 0.6) is 11.5 Å². The van der Waals surface area contributed by atoms with Crippen LogP contribution in [0.2, 0.25) is 0 Å². The Labute approximate surface area is 198 Å². The molecule has 0 amide bonds. The van der Waals surface area contributed by atoms with Crippen LogP contribution in [0.25, 0.3) is 10.9 Å². The number of hydrogen-bond donors (Lipinski definition) is 0. The minimum atomic E-state index is -0.458. The number of aromatic nitrogens is 1. The van der Waals surface area contributed by atoms with Crippen molar-refractivity contribution in [2.45, 2.75) is 0 Å². The second kappa shape index (κ2) is 9.90. The number of benzene rings is 3. The summed E-state index contributed by atoms with van der Waals surface area (Å²) in [5.74, 6) is 13.3. The number of hydrogen-bond acceptors (Lipinski definition) is 4. The predicted molar refractivity (Wildman–Crippen MR) is 132 cm³/mol. The van der Waals surface area contributed by atoms with Gasteiger partial charge >= 0.3 is 5.97 Å². The second-order valence-corrected chi connectivity index (χ2v) is 7.39. The number of nitrogens with zero attached hydrogens (tertiary/aromatic N) is 1. The van der Waals surface area contributed by atoms with Gasteiger partial charge in [0.05, 0.1) is 38.0 Å². The van der Waals surface area contributed by atoms with Crippen molar-refractivity contribution in [2.24, 2.45) is 7.05 Å². The van der Waals surface area contributed by atoms with Crippen LogP contribution in [0.3, 0.4) is 0 Å². The van der Waals surface area contributed by atoms with Crippen LogP contribution >= 0.6 is 0 Å². The maximum absolute atomic E-state index is 12.5. The highest BCUT2D eigenvalue weighted by atomic mass is 16.5. The molecule has 0 spiro atoms. The van der Waals surface area contributed by atoms with Crippen LogP contribution in [-0.2, 0) is 11.8 Å². The third-order valence-corrected chi connectivity index (χ3v) is 5.41. The summed E-state index contributed by atoms with van der Waals surface area (Å²) >= 11 is 0. The van der Waals surface area contributed by atoms with Gasteiger partial charge < -0.3 is 18.8 Å². The molecule has 1 aromatic heterocycles. The van der Waals surface area contributed by atoms with E-state index in [0.717, 1.165) is 16.5 Å². The van der Waals surface area contributed by atoms with Crippen molar-refractivity contribution in [1.82, 2.24) is 4.57 Å². The SMILES string of the molecule is COC(=O)c1cc2c(C#Cc3ccccc3)c(OC)c(OC)c(C#Cc3ccccc3)c2n1C. The largest absolute Gasteiger partial charge is 0.492 e. The molecule has 1 heterocycles. The highest BCUT2D eigenvalue weighted by Gasteiger charge is 2.25. The summed E-state index contributed by atoms with van der Waals surface area (Å²) in [4.78, 5) is 12.5. The highest BCUT2D eigenvalue weighted by Crippen LogP contribution is 2.42. The molecule has 0 aliphatic heterocycles. The van der Waals surface area contributed by atoms with E-state index in [1.54, 1.807) is 31.9 Å². The van der Waals surface area contributed by atoms with E-state index in [4.69, 9.17) is 14.2 Å².